The first-order chi connectivity index (χ1) is 21.1. The van der Waals surface area contributed by atoms with E-state index in [9.17, 15) is 0 Å². The van der Waals surface area contributed by atoms with Gasteiger partial charge in [-0.15, -0.1) is 54.1 Å². The first kappa shape index (κ1) is 32.5. The molecule has 0 spiro atoms. The number of aryl methyl sites for hydroxylation is 2. The van der Waals surface area contributed by atoms with Gasteiger partial charge in [-0.1, -0.05) is 74.3 Å². The van der Waals surface area contributed by atoms with Crippen LogP contribution in [0.5, 0.6) is 0 Å². The molecule has 0 amide bonds. The molecule has 0 aliphatic heterocycles. The summed E-state index contributed by atoms with van der Waals surface area (Å²) < 4.78 is 8.18. The van der Waals surface area contributed by atoms with Gasteiger partial charge in [0.2, 0.25) is 0 Å². The van der Waals surface area contributed by atoms with Gasteiger partial charge >= 0.3 is 0 Å². The van der Waals surface area contributed by atoms with Crippen molar-refractivity contribution in [3.8, 4) is 22.6 Å². The van der Waals surface area contributed by atoms with Crippen molar-refractivity contribution in [3.63, 3.8) is 0 Å². The Balaban J connectivity index is 0.000000177. The molecule has 0 aliphatic carbocycles. The van der Waals surface area contributed by atoms with Crippen molar-refractivity contribution in [2.75, 3.05) is 0 Å². The van der Waals surface area contributed by atoms with Crippen LogP contribution in [0.3, 0.4) is 0 Å². The van der Waals surface area contributed by atoms with Crippen LogP contribution in [0.4, 0.5) is 0 Å². The Bertz CT molecular complexity index is 2090. The molecular formula is C38H38IrN4OSi-2. The first-order valence-corrected chi connectivity index (χ1v) is 18.7. The fourth-order valence-corrected chi connectivity index (χ4v) is 7.50. The van der Waals surface area contributed by atoms with E-state index in [4.69, 9.17) is 9.40 Å². The van der Waals surface area contributed by atoms with Crippen molar-refractivity contribution < 1.29 is 24.5 Å². The van der Waals surface area contributed by atoms with E-state index < -0.39 is 8.07 Å². The number of benzene rings is 3. The van der Waals surface area contributed by atoms with Gasteiger partial charge in [-0.05, 0) is 42.3 Å². The predicted octanol–water partition coefficient (Wildman–Crippen LogP) is 8.93. The molecule has 4 aromatic heterocycles. The van der Waals surface area contributed by atoms with Crippen LogP contribution in [-0.2, 0) is 33.6 Å². The van der Waals surface area contributed by atoms with E-state index in [-0.39, 0.29) is 20.1 Å². The molecule has 0 fully saturated rings. The number of fused-ring (bicyclic) bond motifs is 4. The van der Waals surface area contributed by atoms with Gasteiger partial charge in [-0.25, -0.2) is 0 Å². The zero-order valence-electron chi connectivity index (χ0n) is 26.9. The number of rotatable bonds is 5. The summed E-state index contributed by atoms with van der Waals surface area (Å²) in [6.45, 7) is 13.7. The number of hydrogen-bond donors (Lipinski definition) is 0. The summed E-state index contributed by atoms with van der Waals surface area (Å²) in [6, 6.07) is 30.9. The molecule has 0 atom stereocenters. The fourth-order valence-electron chi connectivity index (χ4n) is 5.91. The van der Waals surface area contributed by atoms with E-state index in [1.54, 1.807) is 6.20 Å². The Labute approximate surface area is 280 Å². The summed E-state index contributed by atoms with van der Waals surface area (Å²) >= 11 is 0. The minimum absolute atomic E-state index is 0. The van der Waals surface area contributed by atoms with Gasteiger partial charge in [0.15, 0.2) is 0 Å². The molecule has 1 radical (unpaired) electrons. The molecule has 231 valence electrons. The van der Waals surface area contributed by atoms with Crippen molar-refractivity contribution in [3.05, 3.63) is 109 Å². The van der Waals surface area contributed by atoms with Crippen molar-refractivity contribution in [2.45, 2.75) is 46.8 Å². The van der Waals surface area contributed by atoms with E-state index >= 15 is 0 Å². The van der Waals surface area contributed by atoms with E-state index in [1.165, 1.54) is 10.8 Å². The molecule has 5 nitrogen and oxygen atoms in total. The number of pyridine rings is 2. The van der Waals surface area contributed by atoms with Gasteiger partial charge in [-0.3, -0.25) is 9.97 Å². The SMILES string of the molecule is CC(C)Cc1cc(-c2[c-]cccc2)ncc1[Si](C)(C)C.Cc1nccc2nc(-c3[c-]ccc4c3oc3ccccc34)n(C)c12.[Ir]. The molecule has 7 aromatic rings. The maximum atomic E-state index is 6.12. The molecule has 0 aliphatic rings. The summed E-state index contributed by atoms with van der Waals surface area (Å²) in [4.78, 5) is 13.9. The van der Waals surface area contributed by atoms with Crippen LogP contribution >= 0.6 is 0 Å². The number of nitrogens with zero attached hydrogens (tertiary/aromatic N) is 4. The maximum Gasteiger partial charge on any atom is 0.120 e. The molecule has 45 heavy (non-hydrogen) atoms. The van der Waals surface area contributed by atoms with Crippen molar-refractivity contribution >= 4 is 46.2 Å². The van der Waals surface area contributed by atoms with Crippen LogP contribution in [0.15, 0.2) is 89.6 Å². The third-order valence-electron chi connectivity index (χ3n) is 7.94. The largest absolute Gasteiger partial charge is 0.501 e. The van der Waals surface area contributed by atoms with E-state index in [0.717, 1.165) is 67.7 Å². The molecule has 3 aromatic carbocycles. The summed E-state index contributed by atoms with van der Waals surface area (Å²) in [7, 11) is 0.667. The molecular weight excluding hydrogens is 749 g/mol. The van der Waals surface area contributed by atoms with Crippen molar-refractivity contribution in [2.24, 2.45) is 13.0 Å². The summed E-state index contributed by atoms with van der Waals surface area (Å²) in [5, 5.41) is 3.69. The van der Waals surface area contributed by atoms with E-state index in [2.05, 4.69) is 84.6 Å². The Morgan fingerprint density at radius 1 is 0.911 bits per heavy atom. The summed E-state index contributed by atoms with van der Waals surface area (Å²) in [5.74, 6) is 1.51. The third kappa shape index (κ3) is 6.57. The summed E-state index contributed by atoms with van der Waals surface area (Å²) in [5.41, 5.74) is 9.11. The Morgan fingerprint density at radius 3 is 2.40 bits per heavy atom. The van der Waals surface area contributed by atoms with E-state index in [0.29, 0.717) is 5.92 Å². The zero-order valence-corrected chi connectivity index (χ0v) is 30.3. The smallest absolute Gasteiger partial charge is 0.120 e. The van der Waals surface area contributed by atoms with Gasteiger partial charge in [-0.2, -0.15) is 0 Å². The topological polar surface area (TPSA) is 56.7 Å². The molecule has 7 rings (SSSR count). The molecule has 0 unspecified atom stereocenters. The number of furan rings is 1. The maximum absolute atomic E-state index is 6.12. The van der Waals surface area contributed by atoms with Crippen LogP contribution in [0.25, 0.3) is 55.6 Å². The van der Waals surface area contributed by atoms with Crippen molar-refractivity contribution in [1.29, 1.82) is 0 Å². The Morgan fingerprint density at radius 2 is 1.69 bits per heavy atom. The molecule has 4 heterocycles. The Kier molecular flexibility index (Phi) is 9.54. The monoisotopic (exact) mass is 787 g/mol. The van der Waals surface area contributed by atoms with Crippen LogP contribution in [0.2, 0.25) is 19.6 Å². The number of aromatic nitrogens is 4. The quantitative estimate of drug-likeness (QED) is 0.129. The number of para-hydroxylation sites is 1. The van der Waals surface area contributed by atoms with Crippen LogP contribution in [0, 0.1) is 25.0 Å². The first-order valence-electron chi connectivity index (χ1n) is 15.2. The second-order valence-electron chi connectivity index (χ2n) is 12.8. The van der Waals surface area contributed by atoms with Gasteiger partial charge in [0.05, 0.1) is 36.2 Å². The second kappa shape index (κ2) is 13.2. The van der Waals surface area contributed by atoms with Crippen LogP contribution < -0.4 is 5.19 Å². The molecule has 0 N–H and O–H groups in total. The second-order valence-corrected chi connectivity index (χ2v) is 17.8. The third-order valence-corrected chi connectivity index (χ3v) is 10.0. The minimum Gasteiger partial charge on any atom is -0.501 e. The van der Waals surface area contributed by atoms with Gasteiger partial charge in [0, 0.05) is 44.9 Å². The molecule has 7 heteroatoms. The standard InChI is InChI=1S/C20H14N3O.C18H24NSi.Ir/c1-12-18-16(10-11-21-12)22-20(23(18)2)15-8-5-7-14-13-6-3-4-9-17(13)24-19(14)15;1-14(2)11-16-12-17(15-9-7-6-8-10-15)19-13-18(16)20(3,4)5;/h3-7,9-11H,1-2H3;6-9,12-14H,11H2,1-5H3;/q2*-1;. The normalized spacial score (nSPS) is 11.6. The van der Waals surface area contributed by atoms with E-state index in [1.807, 2.05) is 68.6 Å². The predicted molar refractivity (Wildman–Crippen MR) is 185 cm³/mol. The van der Waals surface area contributed by atoms with Gasteiger partial charge in [0.1, 0.15) is 5.58 Å². The Hall–Kier alpha value is -3.90. The number of imidazole rings is 1. The van der Waals surface area contributed by atoms with Gasteiger partial charge < -0.3 is 14.0 Å². The summed E-state index contributed by atoms with van der Waals surface area (Å²) in [6.07, 6.45) is 5.03. The van der Waals surface area contributed by atoms with Crippen molar-refractivity contribution in [1.82, 2.24) is 19.5 Å². The average Bonchev–Trinajstić information content (AvgIpc) is 3.55. The van der Waals surface area contributed by atoms with Crippen LogP contribution in [0.1, 0.15) is 25.1 Å². The molecule has 0 saturated carbocycles. The zero-order chi connectivity index (χ0) is 31.0. The average molecular weight is 787 g/mol. The fraction of sp³-hybridized carbons (Fsp3) is 0.237. The van der Waals surface area contributed by atoms with Gasteiger partial charge in [0.25, 0.3) is 0 Å². The van der Waals surface area contributed by atoms with Crippen LogP contribution in [-0.4, -0.2) is 27.6 Å². The number of hydrogen-bond acceptors (Lipinski definition) is 4. The molecule has 0 bridgehead atoms. The molecule has 0 saturated heterocycles. The minimum atomic E-state index is -1.34.